The van der Waals surface area contributed by atoms with Gasteiger partial charge in [0.1, 0.15) is 11.6 Å². The topological polar surface area (TPSA) is 48.2 Å². The van der Waals surface area contributed by atoms with Gasteiger partial charge in [0.2, 0.25) is 0 Å². The van der Waals surface area contributed by atoms with Crippen LogP contribution >= 0.6 is 39.3 Å². The van der Waals surface area contributed by atoms with Crippen LogP contribution in [0.5, 0.6) is 5.75 Å². The summed E-state index contributed by atoms with van der Waals surface area (Å²) in [5, 5.41) is 8.83. The van der Waals surface area contributed by atoms with E-state index in [2.05, 4.69) is 26.1 Å². The average molecular weight is 430 g/mol. The molecule has 0 bridgehead atoms. The maximum atomic E-state index is 13.1. The highest BCUT2D eigenvalue weighted by Gasteiger charge is 2.10. The lowest BCUT2D eigenvalue weighted by atomic mass is 10.2. The zero-order chi connectivity index (χ0) is 16.9. The molecule has 0 spiro atoms. The van der Waals surface area contributed by atoms with Gasteiger partial charge >= 0.3 is 0 Å². The normalized spacial score (nSPS) is 10.8. The van der Waals surface area contributed by atoms with Gasteiger partial charge in [0, 0.05) is 10.2 Å². The van der Waals surface area contributed by atoms with E-state index in [1.807, 2.05) is 12.1 Å². The number of aromatic nitrogens is 2. The number of hydrogen-bond acceptors (Lipinski definition) is 5. The predicted molar refractivity (Wildman–Crippen MR) is 93.7 cm³/mol. The molecule has 0 aliphatic heterocycles. The van der Waals surface area contributed by atoms with Gasteiger partial charge in [0.05, 0.1) is 5.02 Å². The molecule has 0 fully saturated rings. The van der Waals surface area contributed by atoms with Crippen molar-refractivity contribution in [1.29, 1.82) is 0 Å². The Kier molecular flexibility index (Phi) is 5.76. The van der Waals surface area contributed by atoms with Gasteiger partial charge in [0.25, 0.3) is 11.1 Å². The number of rotatable bonds is 6. The van der Waals surface area contributed by atoms with E-state index in [4.69, 9.17) is 20.8 Å². The molecule has 0 saturated carbocycles. The fourth-order valence-electron chi connectivity index (χ4n) is 1.83. The summed E-state index contributed by atoms with van der Waals surface area (Å²) in [6.07, 6.45) is 0. The van der Waals surface area contributed by atoms with E-state index in [0.29, 0.717) is 32.1 Å². The number of benzene rings is 2. The Morgan fingerprint density at radius 2 is 2.04 bits per heavy atom. The lowest BCUT2D eigenvalue weighted by Crippen LogP contribution is -1.95. The monoisotopic (exact) mass is 428 g/mol. The third kappa shape index (κ3) is 4.49. The molecule has 1 aromatic heterocycles. The molecule has 0 radical (unpaired) electrons. The van der Waals surface area contributed by atoms with Crippen molar-refractivity contribution in [2.75, 3.05) is 0 Å². The quantitative estimate of drug-likeness (QED) is 0.485. The Hall–Kier alpha value is -1.57. The first-order valence-electron chi connectivity index (χ1n) is 6.88. The van der Waals surface area contributed by atoms with E-state index < -0.39 is 0 Å². The maximum absolute atomic E-state index is 13.1. The molecule has 0 amide bonds. The smallest absolute Gasteiger partial charge is 0.277 e. The minimum absolute atomic E-state index is 0.136. The van der Waals surface area contributed by atoms with Crippen molar-refractivity contribution in [3.05, 3.63) is 69.2 Å². The van der Waals surface area contributed by atoms with Crippen LogP contribution in [0, 0.1) is 5.82 Å². The summed E-state index contributed by atoms with van der Waals surface area (Å²) < 4.78 is 24.8. The number of nitrogens with zero attached hydrogens (tertiary/aromatic N) is 2. The third-order valence-electron chi connectivity index (χ3n) is 3.00. The van der Waals surface area contributed by atoms with Gasteiger partial charge in [-0.1, -0.05) is 57.5 Å². The van der Waals surface area contributed by atoms with Crippen molar-refractivity contribution < 1.29 is 13.5 Å². The highest BCUT2D eigenvalue weighted by Crippen LogP contribution is 2.27. The largest absolute Gasteiger partial charge is 0.482 e. The third-order valence-corrected chi connectivity index (χ3v) is 4.92. The number of thioether (sulfide) groups is 1. The van der Waals surface area contributed by atoms with Crippen LogP contribution in [0.1, 0.15) is 11.5 Å². The first kappa shape index (κ1) is 17.3. The van der Waals surface area contributed by atoms with E-state index in [-0.39, 0.29) is 12.4 Å². The van der Waals surface area contributed by atoms with Crippen LogP contribution in [0.3, 0.4) is 0 Å². The van der Waals surface area contributed by atoms with E-state index in [1.165, 1.54) is 23.9 Å². The van der Waals surface area contributed by atoms with Gasteiger partial charge in [-0.05, 0) is 29.8 Å². The molecule has 0 unspecified atom stereocenters. The van der Waals surface area contributed by atoms with Gasteiger partial charge in [-0.25, -0.2) is 4.39 Å². The van der Waals surface area contributed by atoms with Gasteiger partial charge in [-0.15, -0.1) is 10.2 Å². The fraction of sp³-hybridized carbons (Fsp3) is 0.125. The van der Waals surface area contributed by atoms with Crippen LogP contribution in [-0.2, 0) is 12.4 Å². The molecule has 8 heteroatoms. The molecule has 0 atom stereocenters. The number of para-hydroxylation sites is 1. The summed E-state index contributed by atoms with van der Waals surface area (Å²) in [7, 11) is 0. The van der Waals surface area contributed by atoms with Crippen LogP contribution < -0.4 is 4.74 Å². The lowest BCUT2D eigenvalue weighted by molar-refractivity contribution is 0.252. The van der Waals surface area contributed by atoms with E-state index in [9.17, 15) is 4.39 Å². The van der Waals surface area contributed by atoms with Crippen molar-refractivity contribution >= 4 is 39.3 Å². The van der Waals surface area contributed by atoms with Crippen LogP contribution in [0.4, 0.5) is 4.39 Å². The van der Waals surface area contributed by atoms with Crippen molar-refractivity contribution in [1.82, 2.24) is 10.2 Å². The molecule has 124 valence electrons. The van der Waals surface area contributed by atoms with Gasteiger partial charge in [-0.3, -0.25) is 0 Å². The van der Waals surface area contributed by atoms with Gasteiger partial charge in [-0.2, -0.15) is 0 Å². The fourth-order valence-corrected chi connectivity index (χ4v) is 3.49. The molecular formula is C16H11BrClFN2O2S. The molecule has 3 rings (SSSR count). The molecule has 24 heavy (non-hydrogen) atoms. The summed E-state index contributed by atoms with van der Waals surface area (Å²) >= 11 is 10.7. The highest BCUT2D eigenvalue weighted by molar-refractivity contribution is 9.10. The van der Waals surface area contributed by atoms with Crippen LogP contribution in [0.15, 0.2) is 56.6 Å². The molecule has 0 N–H and O–H groups in total. The average Bonchev–Trinajstić information content (AvgIpc) is 3.01. The van der Waals surface area contributed by atoms with E-state index >= 15 is 0 Å². The summed E-state index contributed by atoms with van der Waals surface area (Å²) in [4.78, 5) is 0. The molecule has 0 aliphatic carbocycles. The Balaban J connectivity index is 1.56. The van der Waals surface area contributed by atoms with Crippen molar-refractivity contribution in [3.63, 3.8) is 0 Å². The Morgan fingerprint density at radius 1 is 1.21 bits per heavy atom. The van der Waals surface area contributed by atoms with Gasteiger partial charge < -0.3 is 9.15 Å². The van der Waals surface area contributed by atoms with Crippen LogP contribution in [0.2, 0.25) is 5.02 Å². The highest BCUT2D eigenvalue weighted by atomic mass is 79.9. The second-order valence-corrected chi connectivity index (χ2v) is 6.89. The Morgan fingerprint density at radius 3 is 2.83 bits per heavy atom. The minimum Gasteiger partial charge on any atom is -0.482 e. The Bertz CT molecular complexity index is 846. The molecule has 0 saturated heterocycles. The second-order valence-electron chi connectivity index (χ2n) is 4.71. The molecule has 2 aromatic carbocycles. The molecule has 0 aliphatic rings. The van der Waals surface area contributed by atoms with Crippen molar-refractivity contribution in [3.8, 4) is 5.75 Å². The number of ether oxygens (including phenoxy) is 1. The van der Waals surface area contributed by atoms with Crippen LogP contribution in [0.25, 0.3) is 0 Å². The van der Waals surface area contributed by atoms with Gasteiger partial charge in [0.15, 0.2) is 6.61 Å². The lowest BCUT2D eigenvalue weighted by Gasteiger charge is -2.04. The molecule has 1 heterocycles. The summed E-state index contributed by atoms with van der Waals surface area (Å²) in [5.41, 5.74) is 0.938. The first-order chi connectivity index (χ1) is 11.6. The summed E-state index contributed by atoms with van der Waals surface area (Å²) in [6, 6.07) is 11.7. The molecular weight excluding hydrogens is 419 g/mol. The summed E-state index contributed by atoms with van der Waals surface area (Å²) in [5.74, 6) is 1.21. The number of hydrogen-bond donors (Lipinski definition) is 0. The minimum atomic E-state index is -0.285. The van der Waals surface area contributed by atoms with E-state index in [1.54, 1.807) is 18.2 Å². The van der Waals surface area contributed by atoms with Crippen LogP contribution in [-0.4, -0.2) is 10.2 Å². The summed E-state index contributed by atoms with van der Waals surface area (Å²) in [6.45, 7) is 0.136. The van der Waals surface area contributed by atoms with E-state index in [0.717, 1.165) is 5.56 Å². The maximum Gasteiger partial charge on any atom is 0.277 e. The standard InChI is InChI=1S/C16H11BrClFN2O2S/c17-12-7-11(19)6-5-10(12)9-24-16-21-20-15(23-16)8-22-14-4-2-1-3-13(14)18/h1-7H,8-9H2. The zero-order valence-electron chi connectivity index (χ0n) is 12.2. The van der Waals surface area contributed by atoms with Crippen molar-refractivity contribution in [2.24, 2.45) is 0 Å². The Labute approximate surface area is 155 Å². The zero-order valence-corrected chi connectivity index (χ0v) is 15.4. The van der Waals surface area contributed by atoms with Crippen molar-refractivity contribution in [2.45, 2.75) is 17.6 Å². The molecule has 3 aromatic rings. The first-order valence-corrected chi connectivity index (χ1v) is 9.04. The number of halogens is 3. The predicted octanol–water partition coefficient (Wildman–Crippen LogP) is 5.50. The molecule has 4 nitrogen and oxygen atoms in total. The second kappa shape index (κ2) is 8.00. The SMILES string of the molecule is Fc1ccc(CSc2nnc(COc3ccccc3Cl)o2)c(Br)c1.